The summed E-state index contributed by atoms with van der Waals surface area (Å²) in [5.41, 5.74) is 0. The molecule has 6 nitrogen and oxygen atoms in total. The number of methoxy groups -OCH3 is 1. The van der Waals surface area contributed by atoms with Gasteiger partial charge in [0.25, 0.3) is 0 Å². The third-order valence-corrected chi connectivity index (χ3v) is 4.30. The van der Waals surface area contributed by atoms with E-state index in [0.29, 0.717) is 18.8 Å². The number of ether oxygens (including phenoxy) is 1. The van der Waals surface area contributed by atoms with Gasteiger partial charge in [0.1, 0.15) is 5.82 Å². The molecule has 0 saturated heterocycles. The highest BCUT2D eigenvalue weighted by Crippen LogP contribution is 2.13. The van der Waals surface area contributed by atoms with Crippen LogP contribution in [-0.2, 0) is 14.8 Å². The van der Waals surface area contributed by atoms with Crippen molar-refractivity contribution in [2.75, 3.05) is 25.6 Å². The molecule has 1 unspecified atom stereocenters. The van der Waals surface area contributed by atoms with Gasteiger partial charge in [0.15, 0.2) is 0 Å². The van der Waals surface area contributed by atoms with Crippen LogP contribution in [0.2, 0.25) is 0 Å². The van der Waals surface area contributed by atoms with E-state index in [2.05, 4.69) is 15.0 Å². The van der Waals surface area contributed by atoms with Crippen LogP contribution in [0.15, 0.2) is 23.2 Å². The fraction of sp³-hybridized carbons (Fsp3) is 0.615. The first-order valence-electron chi connectivity index (χ1n) is 6.74. The van der Waals surface area contributed by atoms with Crippen molar-refractivity contribution in [2.45, 2.75) is 37.6 Å². The number of rotatable bonds is 9. The van der Waals surface area contributed by atoms with Gasteiger partial charge in [-0.2, -0.15) is 0 Å². The third kappa shape index (κ3) is 5.07. The Kier molecular flexibility index (Phi) is 6.90. The van der Waals surface area contributed by atoms with Crippen molar-refractivity contribution >= 4 is 15.8 Å². The number of hydrogen-bond donors (Lipinski definition) is 2. The summed E-state index contributed by atoms with van der Waals surface area (Å²) >= 11 is 0. The van der Waals surface area contributed by atoms with Crippen molar-refractivity contribution in [3.8, 4) is 0 Å². The number of nitrogens with zero attached hydrogens (tertiary/aromatic N) is 1. The van der Waals surface area contributed by atoms with Crippen molar-refractivity contribution < 1.29 is 13.2 Å². The topological polar surface area (TPSA) is 80.3 Å². The molecule has 1 aromatic heterocycles. The SMILES string of the molecule is CCCNc1cc(S(=O)(=O)NC(CC)COC)ccn1. The van der Waals surface area contributed by atoms with Crippen LogP contribution in [0.5, 0.6) is 0 Å². The molecule has 1 rings (SSSR count). The second-order valence-corrected chi connectivity index (χ2v) is 6.20. The predicted molar refractivity (Wildman–Crippen MR) is 79.3 cm³/mol. The molecule has 0 radical (unpaired) electrons. The molecule has 0 amide bonds. The third-order valence-electron chi connectivity index (χ3n) is 2.78. The molecule has 0 fully saturated rings. The van der Waals surface area contributed by atoms with E-state index in [-0.39, 0.29) is 10.9 Å². The van der Waals surface area contributed by atoms with Gasteiger partial charge in [-0.1, -0.05) is 13.8 Å². The highest BCUT2D eigenvalue weighted by molar-refractivity contribution is 7.89. The Morgan fingerprint density at radius 2 is 2.15 bits per heavy atom. The highest BCUT2D eigenvalue weighted by Gasteiger charge is 2.19. The van der Waals surface area contributed by atoms with E-state index in [1.807, 2.05) is 13.8 Å². The fourth-order valence-electron chi connectivity index (χ4n) is 1.65. The van der Waals surface area contributed by atoms with Gasteiger partial charge >= 0.3 is 0 Å². The minimum atomic E-state index is -3.55. The minimum absolute atomic E-state index is 0.209. The minimum Gasteiger partial charge on any atom is -0.383 e. The first-order chi connectivity index (χ1) is 9.53. The highest BCUT2D eigenvalue weighted by atomic mass is 32.2. The average Bonchev–Trinajstić information content (AvgIpc) is 2.44. The first kappa shape index (κ1) is 16.9. The Bertz CT molecular complexity index is 505. The second kappa shape index (κ2) is 8.18. The van der Waals surface area contributed by atoms with Crippen LogP contribution in [0.3, 0.4) is 0 Å². The molecule has 7 heteroatoms. The Morgan fingerprint density at radius 1 is 1.40 bits per heavy atom. The molecule has 1 heterocycles. The van der Waals surface area contributed by atoms with Crippen LogP contribution in [0.1, 0.15) is 26.7 Å². The fourth-order valence-corrected chi connectivity index (χ4v) is 2.97. The molecule has 0 aliphatic heterocycles. The summed E-state index contributed by atoms with van der Waals surface area (Å²) in [5, 5.41) is 3.07. The predicted octanol–water partition coefficient (Wildman–Crippen LogP) is 1.61. The lowest BCUT2D eigenvalue weighted by Crippen LogP contribution is -2.37. The Labute approximate surface area is 121 Å². The lowest BCUT2D eigenvalue weighted by molar-refractivity contribution is 0.173. The molecule has 0 bridgehead atoms. The quantitative estimate of drug-likeness (QED) is 0.724. The van der Waals surface area contributed by atoms with Gasteiger partial charge in [-0.05, 0) is 18.9 Å². The van der Waals surface area contributed by atoms with Crippen molar-refractivity contribution in [3.05, 3.63) is 18.3 Å². The zero-order valence-electron chi connectivity index (χ0n) is 12.2. The summed E-state index contributed by atoms with van der Waals surface area (Å²) < 4.78 is 32.2. The molecule has 114 valence electrons. The Balaban J connectivity index is 2.85. The summed E-state index contributed by atoms with van der Waals surface area (Å²) in [6.45, 7) is 5.05. The summed E-state index contributed by atoms with van der Waals surface area (Å²) in [5.74, 6) is 0.564. The molecule has 20 heavy (non-hydrogen) atoms. The zero-order valence-corrected chi connectivity index (χ0v) is 13.0. The molecule has 1 aromatic rings. The van der Waals surface area contributed by atoms with Gasteiger partial charge < -0.3 is 10.1 Å². The van der Waals surface area contributed by atoms with E-state index in [1.165, 1.54) is 18.3 Å². The van der Waals surface area contributed by atoms with Crippen LogP contribution in [0, 0.1) is 0 Å². The molecular formula is C13H23N3O3S. The van der Waals surface area contributed by atoms with Crippen molar-refractivity contribution in [3.63, 3.8) is 0 Å². The van der Waals surface area contributed by atoms with E-state index in [4.69, 9.17) is 4.74 Å². The van der Waals surface area contributed by atoms with E-state index < -0.39 is 10.0 Å². The average molecular weight is 301 g/mol. The molecule has 0 aliphatic rings. The summed E-state index contributed by atoms with van der Waals surface area (Å²) in [6, 6.07) is 2.79. The lowest BCUT2D eigenvalue weighted by atomic mass is 10.3. The number of hydrogen-bond acceptors (Lipinski definition) is 5. The molecule has 2 N–H and O–H groups in total. The van der Waals surface area contributed by atoms with Crippen LogP contribution in [0.25, 0.3) is 0 Å². The van der Waals surface area contributed by atoms with E-state index in [0.717, 1.165) is 13.0 Å². The van der Waals surface area contributed by atoms with Crippen molar-refractivity contribution in [2.24, 2.45) is 0 Å². The largest absolute Gasteiger partial charge is 0.383 e. The van der Waals surface area contributed by atoms with Crippen LogP contribution >= 0.6 is 0 Å². The van der Waals surface area contributed by atoms with Crippen LogP contribution < -0.4 is 10.0 Å². The maximum atomic E-state index is 12.3. The van der Waals surface area contributed by atoms with Gasteiger partial charge in [0.05, 0.1) is 11.5 Å². The van der Waals surface area contributed by atoms with Gasteiger partial charge in [0.2, 0.25) is 10.0 Å². The van der Waals surface area contributed by atoms with Crippen molar-refractivity contribution in [1.82, 2.24) is 9.71 Å². The van der Waals surface area contributed by atoms with Crippen LogP contribution in [0.4, 0.5) is 5.82 Å². The lowest BCUT2D eigenvalue weighted by Gasteiger charge is -2.16. The number of nitrogens with one attached hydrogen (secondary N) is 2. The Morgan fingerprint density at radius 3 is 2.75 bits per heavy atom. The normalized spacial score (nSPS) is 13.2. The second-order valence-electron chi connectivity index (χ2n) is 4.49. The van der Waals surface area contributed by atoms with E-state index >= 15 is 0 Å². The maximum absolute atomic E-state index is 12.3. The van der Waals surface area contributed by atoms with Gasteiger partial charge in [0, 0.05) is 32.0 Å². The van der Waals surface area contributed by atoms with Crippen molar-refractivity contribution in [1.29, 1.82) is 0 Å². The summed E-state index contributed by atoms with van der Waals surface area (Å²) in [4.78, 5) is 4.31. The van der Waals surface area contributed by atoms with Gasteiger partial charge in [-0.3, -0.25) is 0 Å². The zero-order chi connectivity index (χ0) is 15.0. The molecule has 0 spiro atoms. The number of anilines is 1. The van der Waals surface area contributed by atoms with Crippen LogP contribution in [-0.4, -0.2) is 39.7 Å². The number of pyridine rings is 1. The summed E-state index contributed by atoms with van der Waals surface area (Å²) in [6.07, 6.45) is 3.10. The molecule has 0 saturated carbocycles. The maximum Gasteiger partial charge on any atom is 0.241 e. The van der Waals surface area contributed by atoms with Gasteiger partial charge in [-0.15, -0.1) is 0 Å². The number of sulfonamides is 1. The Hall–Kier alpha value is -1.18. The monoisotopic (exact) mass is 301 g/mol. The van der Waals surface area contributed by atoms with E-state index in [9.17, 15) is 8.42 Å². The molecule has 1 atom stereocenters. The standard InChI is InChI=1S/C13H23N3O3S/c1-4-7-14-13-9-12(6-8-15-13)20(17,18)16-11(5-2)10-19-3/h6,8-9,11,16H,4-5,7,10H2,1-3H3,(H,14,15). The van der Waals surface area contributed by atoms with Gasteiger partial charge in [-0.25, -0.2) is 18.1 Å². The molecule has 0 aromatic carbocycles. The van der Waals surface area contributed by atoms with E-state index in [1.54, 1.807) is 7.11 Å². The molecular weight excluding hydrogens is 278 g/mol. The first-order valence-corrected chi connectivity index (χ1v) is 8.23. The number of aromatic nitrogens is 1. The smallest absolute Gasteiger partial charge is 0.241 e. The summed E-state index contributed by atoms with van der Waals surface area (Å²) in [7, 11) is -2.00. The molecule has 0 aliphatic carbocycles.